The van der Waals surface area contributed by atoms with Gasteiger partial charge in [0.1, 0.15) is 22.8 Å². The third-order valence-corrected chi connectivity index (χ3v) is 4.92. The Kier molecular flexibility index (Phi) is 3.46. The third kappa shape index (κ3) is 2.54. The van der Waals surface area contributed by atoms with Crippen LogP contribution in [0.2, 0.25) is 0 Å². The second-order valence-corrected chi connectivity index (χ2v) is 6.46. The van der Waals surface area contributed by atoms with E-state index >= 15 is 0 Å². The molecule has 0 saturated carbocycles. The van der Waals surface area contributed by atoms with Gasteiger partial charge in [-0.15, -0.1) is 43.1 Å². The van der Waals surface area contributed by atoms with Crippen molar-refractivity contribution in [3.8, 4) is 32.5 Å². The van der Waals surface area contributed by atoms with E-state index < -0.39 is 0 Å². The second-order valence-electron chi connectivity index (χ2n) is 4.56. The lowest BCUT2D eigenvalue weighted by atomic mass is 10.2. The Hall–Kier alpha value is -2.44. The summed E-state index contributed by atoms with van der Waals surface area (Å²) in [5.41, 5.74) is 3.21. The largest absolute Gasteiger partial charge is 0.149 e. The van der Waals surface area contributed by atoms with Crippen LogP contribution in [0.4, 0.5) is 0 Å². The maximum absolute atomic E-state index is 4.26. The minimum absolute atomic E-state index is 0.727. The fourth-order valence-corrected chi connectivity index (χ4v) is 3.43. The zero-order valence-electron chi connectivity index (χ0n) is 11.4. The van der Waals surface area contributed by atoms with Crippen molar-refractivity contribution in [2.24, 2.45) is 0 Å². The van der Waals surface area contributed by atoms with Gasteiger partial charge in [0.2, 0.25) is 0 Å². The molecule has 0 unspecified atom stereocenters. The van der Waals surface area contributed by atoms with Gasteiger partial charge in [0, 0.05) is 0 Å². The van der Waals surface area contributed by atoms with Crippen LogP contribution in [0.3, 0.4) is 0 Å². The molecule has 0 aliphatic carbocycles. The Morgan fingerprint density at radius 2 is 0.909 bits per heavy atom. The summed E-state index contributed by atoms with van der Waals surface area (Å²) in [5.74, 6) is 0. The Morgan fingerprint density at radius 1 is 0.500 bits per heavy atom. The van der Waals surface area contributed by atoms with Gasteiger partial charge in [0.05, 0.1) is 9.75 Å². The molecule has 4 rings (SSSR count). The van der Waals surface area contributed by atoms with Crippen LogP contribution in [-0.2, 0) is 0 Å². The molecular formula is C16H10N4S2. The zero-order valence-corrected chi connectivity index (χ0v) is 13.0. The molecule has 0 N–H and O–H groups in total. The van der Waals surface area contributed by atoms with Gasteiger partial charge in [0.15, 0.2) is 0 Å². The van der Waals surface area contributed by atoms with Crippen molar-refractivity contribution in [3.05, 3.63) is 59.3 Å². The Labute approximate surface area is 135 Å². The molecule has 0 bridgehead atoms. The first-order valence-electron chi connectivity index (χ1n) is 6.66. The quantitative estimate of drug-likeness (QED) is 0.561. The summed E-state index contributed by atoms with van der Waals surface area (Å²) in [6, 6.07) is 15.8. The van der Waals surface area contributed by atoms with E-state index in [1.807, 2.05) is 59.3 Å². The minimum atomic E-state index is 0.727. The predicted molar refractivity (Wildman–Crippen MR) is 89.7 cm³/mol. The van der Waals surface area contributed by atoms with Gasteiger partial charge in [-0.25, -0.2) is 0 Å². The molecule has 4 aromatic heterocycles. The number of aromatic nitrogens is 4. The summed E-state index contributed by atoms with van der Waals surface area (Å²) in [6.07, 6.45) is 0. The summed E-state index contributed by atoms with van der Waals surface area (Å²) in [4.78, 5) is 2.22. The van der Waals surface area contributed by atoms with Gasteiger partial charge in [-0.05, 0) is 47.2 Å². The molecule has 0 spiro atoms. The standard InChI is InChI=1S/C16H10N4S2/c1-3-15(21-9-1)13-7-5-11(17-19-13)12-6-8-14(20-18-12)16-4-2-10-22-16/h1-10H. The van der Waals surface area contributed by atoms with E-state index in [2.05, 4.69) is 20.4 Å². The van der Waals surface area contributed by atoms with E-state index in [1.54, 1.807) is 22.7 Å². The van der Waals surface area contributed by atoms with Crippen LogP contribution in [0.25, 0.3) is 32.5 Å². The Balaban J connectivity index is 1.62. The monoisotopic (exact) mass is 322 g/mol. The first-order valence-corrected chi connectivity index (χ1v) is 8.42. The number of rotatable bonds is 3. The van der Waals surface area contributed by atoms with Crippen molar-refractivity contribution in [1.29, 1.82) is 0 Å². The average Bonchev–Trinajstić information content (AvgIpc) is 3.29. The van der Waals surface area contributed by atoms with Crippen molar-refractivity contribution in [3.63, 3.8) is 0 Å². The molecule has 4 heterocycles. The van der Waals surface area contributed by atoms with Crippen molar-refractivity contribution >= 4 is 22.7 Å². The summed E-state index contributed by atoms with van der Waals surface area (Å²) < 4.78 is 0. The zero-order chi connectivity index (χ0) is 14.8. The van der Waals surface area contributed by atoms with Crippen LogP contribution in [0.1, 0.15) is 0 Å². The molecule has 0 aliphatic heterocycles. The van der Waals surface area contributed by atoms with Crippen molar-refractivity contribution in [2.45, 2.75) is 0 Å². The van der Waals surface area contributed by atoms with Gasteiger partial charge in [-0.1, -0.05) is 12.1 Å². The summed E-state index contributed by atoms with van der Waals surface area (Å²) >= 11 is 3.30. The Morgan fingerprint density at radius 3 is 1.23 bits per heavy atom. The van der Waals surface area contributed by atoms with Gasteiger partial charge in [-0.2, -0.15) is 0 Å². The molecule has 0 aromatic carbocycles. The normalized spacial score (nSPS) is 10.7. The first-order chi connectivity index (χ1) is 10.9. The average molecular weight is 322 g/mol. The van der Waals surface area contributed by atoms with Gasteiger partial charge in [-0.3, -0.25) is 0 Å². The van der Waals surface area contributed by atoms with Crippen molar-refractivity contribution < 1.29 is 0 Å². The highest BCUT2D eigenvalue weighted by Gasteiger charge is 2.07. The van der Waals surface area contributed by atoms with Gasteiger partial charge < -0.3 is 0 Å². The van der Waals surface area contributed by atoms with Crippen LogP contribution in [0.15, 0.2) is 59.3 Å². The van der Waals surface area contributed by atoms with E-state index in [-0.39, 0.29) is 0 Å². The van der Waals surface area contributed by atoms with E-state index in [4.69, 9.17) is 0 Å². The maximum atomic E-state index is 4.26. The Bertz CT molecular complexity index is 776. The highest BCUT2D eigenvalue weighted by Crippen LogP contribution is 2.25. The lowest BCUT2D eigenvalue weighted by Gasteiger charge is -2.01. The second kappa shape index (κ2) is 5.75. The van der Waals surface area contributed by atoms with Gasteiger partial charge >= 0.3 is 0 Å². The molecule has 6 heteroatoms. The molecule has 0 saturated heterocycles. The van der Waals surface area contributed by atoms with Crippen molar-refractivity contribution in [1.82, 2.24) is 20.4 Å². The molecule has 4 nitrogen and oxygen atoms in total. The molecule has 4 aromatic rings. The summed E-state index contributed by atoms with van der Waals surface area (Å²) in [7, 11) is 0. The smallest absolute Gasteiger partial charge is 0.113 e. The van der Waals surface area contributed by atoms with E-state index in [9.17, 15) is 0 Å². The van der Waals surface area contributed by atoms with Crippen LogP contribution in [0.5, 0.6) is 0 Å². The molecule has 0 radical (unpaired) electrons. The van der Waals surface area contributed by atoms with E-state index in [0.717, 1.165) is 32.5 Å². The lowest BCUT2D eigenvalue weighted by Crippen LogP contribution is -1.94. The maximum Gasteiger partial charge on any atom is 0.113 e. The molecule has 22 heavy (non-hydrogen) atoms. The summed E-state index contributed by atoms with van der Waals surface area (Å²) in [5, 5.41) is 21.1. The van der Waals surface area contributed by atoms with Crippen LogP contribution in [-0.4, -0.2) is 20.4 Å². The molecule has 0 fully saturated rings. The molecule has 0 amide bonds. The highest BCUT2D eigenvalue weighted by atomic mass is 32.1. The van der Waals surface area contributed by atoms with E-state index in [1.165, 1.54) is 0 Å². The number of nitrogens with zero attached hydrogens (tertiary/aromatic N) is 4. The summed E-state index contributed by atoms with van der Waals surface area (Å²) in [6.45, 7) is 0. The van der Waals surface area contributed by atoms with Gasteiger partial charge in [0.25, 0.3) is 0 Å². The SMILES string of the molecule is c1csc(-c2ccc(-c3ccc(-c4cccs4)nn3)nn2)c1. The number of hydrogen-bond acceptors (Lipinski definition) is 6. The minimum Gasteiger partial charge on any atom is -0.149 e. The van der Waals surface area contributed by atoms with Crippen molar-refractivity contribution in [2.75, 3.05) is 0 Å². The third-order valence-electron chi connectivity index (χ3n) is 3.14. The molecule has 0 aliphatic rings. The van der Waals surface area contributed by atoms with Crippen LogP contribution >= 0.6 is 22.7 Å². The lowest BCUT2D eigenvalue weighted by molar-refractivity contribution is 0.998. The highest BCUT2D eigenvalue weighted by molar-refractivity contribution is 7.13. The predicted octanol–water partition coefficient (Wildman–Crippen LogP) is 4.39. The topological polar surface area (TPSA) is 51.6 Å². The van der Waals surface area contributed by atoms with E-state index in [0.29, 0.717) is 0 Å². The fraction of sp³-hybridized carbons (Fsp3) is 0. The molecule has 106 valence electrons. The van der Waals surface area contributed by atoms with Crippen LogP contribution in [0, 0.1) is 0 Å². The first kappa shape index (κ1) is 13.2. The number of hydrogen-bond donors (Lipinski definition) is 0. The number of thiophene rings is 2. The molecular weight excluding hydrogens is 312 g/mol. The van der Waals surface area contributed by atoms with Crippen LogP contribution < -0.4 is 0 Å². The molecule has 0 atom stereocenters. The fourth-order valence-electron chi connectivity index (χ4n) is 2.05.